The Bertz CT molecular complexity index is 191. The van der Waals surface area contributed by atoms with Crippen LogP contribution in [0.1, 0.15) is 6.42 Å². The molecule has 0 aliphatic carbocycles. The fourth-order valence-electron chi connectivity index (χ4n) is 1.07. The molecule has 0 aromatic heterocycles. The van der Waals surface area contributed by atoms with Crippen LogP contribution < -0.4 is 5.32 Å². The van der Waals surface area contributed by atoms with Gasteiger partial charge in [0.15, 0.2) is 0 Å². The van der Waals surface area contributed by atoms with Crippen LogP contribution in [0, 0.1) is 0 Å². The van der Waals surface area contributed by atoms with Crippen LogP contribution in [0.3, 0.4) is 0 Å². The Balaban J connectivity index is 2.41. The maximum absolute atomic E-state index is 3.34. The summed E-state index contributed by atoms with van der Waals surface area (Å²) in [6.45, 7) is 1.15. The Morgan fingerprint density at radius 3 is 3.44 bits per heavy atom. The molecule has 2 aliphatic heterocycles. The molecule has 1 N–H and O–H groups in total. The van der Waals surface area contributed by atoms with Crippen molar-refractivity contribution in [1.29, 1.82) is 0 Å². The van der Waals surface area contributed by atoms with Crippen LogP contribution in [0.25, 0.3) is 0 Å². The predicted octanol–water partition coefficient (Wildman–Crippen LogP) is 1.53. The number of rotatable bonds is 0. The van der Waals surface area contributed by atoms with Crippen molar-refractivity contribution in [3.05, 3.63) is 21.4 Å². The van der Waals surface area contributed by atoms with Crippen LogP contribution in [-0.2, 0) is 0 Å². The highest BCUT2D eigenvalue weighted by Crippen LogP contribution is 2.20. The third-order valence-electron chi connectivity index (χ3n) is 1.55. The zero-order chi connectivity index (χ0) is 6.10. The van der Waals surface area contributed by atoms with E-state index in [-0.39, 0.29) is 20.7 Å². The lowest BCUT2D eigenvalue weighted by molar-refractivity contribution is 0.891. The van der Waals surface area contributed by atoms with Crippen molar-refractivity contribution >= 4 is 24.7 Å². The smallest absolute Gasteiger partial charge is 0.0382 e. The number of halogens is 1. The number of hydrogen-bond donors (Lipinski definition) is 1. The van der Waals surface area contributed by atoms with Gasteiger partial charge in [0, 0.05) is 12.2 Å². The van der Waals surface area contributed by atoms with Gasteiger partial charge in [0.25, 0.3) is 0 Å². The van der Waals surface area contributed by atoms with Crippen LogP contribution >= 0.6 is 20.7 Å². The van der Waals surface area contributed by atoms with Gasteiger partial charge in [0.2, 0.25) is 0 Å². The Morgan fingerprint density at radius 2 is 2.56 bits per heavy atom. The van der Waals surface area contributed by atoms with Gasteiger partial charge in [0.05, 0.1) is 0 Å². The van der Waals surface area contributed by atoms with E-state index in [1.165, 1.54) is 12.1 Å². The van der Waals surface area contributed by atoms with Crippen LogP contribution in [0.5, 0.6) is 0 Å². The molecule has 9 heavy (non-hydrogen) atoms. The summed E-state index contributed by atoms with van der Waals surface area (Å²) in [7, 11) is 0. The van der Waals surface area contributed by atoms with E-state index in [2.05, 4.69) is 19.5 Å². The summed E-state index contributed by atoms with van der Waals surface area (Å²) >= 11 is 0.278. The summed E-state index contributed by atoms with van der Waals surface area (Å²) in [5, 5.41) is 3.34. The van der Waals surface area contributed by atoms with Crippen molar-refractivity contribution < 1.29 is 0 Å². The van der Waals surface area contributed by atoms with Gasteiger partial charge < -0.3 is 5.32 Å². The molecule has 0 aromatic carbocycles. The van der Waals surface area contributed by atoms with Crippen LogP contribution in [-0.4, -0.2) is 10.6 Å². The molecule has 0 saturated carbocycles. The SMILES string of the molecule is C1=CC2=C(C=I1)CCN2. The fourth-order valence-corrected chi connectivity index (χ4v) is 2.93. The zero-order valence-corrected chi connectivity index (χ0v) is 7.18. The van der Waals surface area contributed by atoms with Crippen molar-refractivity contribution in [2.45, 2.75) is 6.42 Å². The first-order chi connectivity index (χ1) is 4.47. The molecule has 0 fully saturated rings. The molecule has 0 spiro atoms. The van der Waals surface area contributed by atoms with Crippen molar-refractivity contribution in [2.24, 2.45) is 0 Å². The molecular formula is C7H8IN. The van der Waals surface area contributed by atoms with Gasteiger partial charge in [-0.05, 0) is 26.2 Å². The van der Waals surface area contributed by atoms with E-state index in [0.29, 0.717) is 0 Å². The molecule has 0 bridgehead atoms. The third kappa shape index (κ3) is 0.956. The van der Waals surface area contributed by atoms with Crippen molar-refractivity contribution in [3.8, 4) is 0 Å². The Morgan fingerprint density at radius 1 is 1.56 bits per heavy atom. The second-order valence-electron chi connectivity index (χ2n) is 2.14. The lowest BCUT2D eigenvalue weighted by Gasteiger charge is -1.99. The highest BCUT2D eigenvalue weighted by Gasteiger charge is 2.09. The lowest BCUT2D eigenvalue weighted by atomic mass is 10.2. The van der Waals surface area contributed by atoms with Gasteiger partial charge in [-0.1, -0.05) is 20.7 Å². The van der Waals surface area contributed by atoms with Gasteiger partial charge in [-0.25, -0.2) is 0 Å². The maximum atomic E-state index is 3.34. The number of hydrogen-bond acceptors (Lipinski definition) is 1. The van der Waals surface area contributed by atoms with Gasteiger partial charge >= 0.3 is 0 Å². The molecule has 2 aliphatic rings. The molecule has 0 aromatic rings. The number of allylic oxidation sites excluding steroid dienone is 1. The largest absolute Gasteiger partial charge is 0.384 e. The normalized spacial score (nSPS) is 23.1. The second-order valence-corrected chi connectivity index (χ2v) is 4.20. The van der Waals surface area contributed by atoms with Gasteiger partial charge in [-0.2, -0.15) is 0 Å². The highest BCUT2D eigenvalue weighted by atomic mass is 127. The molecule has 0 atom stereocenters. The second kappa shape index (κ2) is 2.25. The predicted molar refractivity (Wildman–Crippen MR) is 48.9 cm³/mol. The topological polar surface area (TPSA) is 12.0 Å². The summed E-state index contributed by atoms with van der Waals surface area (Å²) in [6.07, 6.45) is 3.48. The molecule has 0 unspecified atom stereocenters. The van der Waals surface area contributed by atoms with Crippen molar-refractivity contribution in [1.82, 2.24) is 5.32 Å². The standard InChI is InChI=1S/C7H8IN/c1-3-8-5-6-2-4-9-7(1)6/h1,3,5,9H,2,4H2. The minimum Gasteiger partial charge on any atom is -0.384 e. The first-order valence-electron chi connectivity index (χ1n) is 3.05. The van der Waals surface area contributed by atoms with E-state index in [1.54, 1.807) is 5.57 Å². The summed E-state index contributed by atoms with van der Waals surface area (Å²) < 4.78 is 4.71. The minimum atomic E-state index is 0.278. The van der Waals surface area contributed by atoms with E-state index in [1.807, 2.05) is 0 Å². The minimum absolute atomic E-state index is 0.278. The fraction of sp³-hybridized carbons (Fsp3) is 0.286. The molecule has 1 nitrogen and oxygen atoms in total. The van der Waals surface area contributed by atoms with E-state index in [9.17, 15) is 0 Å². The van der Waals surface area contributed by atoms with E-state index < -0.39 is 0 Å². The van der Waals surface area contributed by atoms with Crippen molar-refractivity contribution in [3.63, 3.8) is 0 Å². The Hall–Kier alpha value is -0.120. The van der Waals surface area contributed by atoms with Crippen LogP contribution in [0.4, 0.5) is 0 Å². The Labute approximate surface area is 64.6 Å². The molecule has 2 heterocycles. The highest BCUT2D eigenvalue weighted by molar-refractivity contribution is 14.2. The van der Waals surface area contributed by atoms with Crippen LogP contribution in [0.15, 0.2) is 21.4 Å². The van der Waals surface area contributed by atoms with Gasteiger partial charge in [-0.15, -0.1) is 0 Å². The molecule has 2 heteroatoms. The van der Waals surface area contributed by atoms with E-state index in [0.717, 1.165) is 6.54 Å². The van der Waals surface area contributed by atoms with E-state index >= 15 is 0 Å². The molecule has 0 amide bonds. The monoisotopic (exact) mass is 233 g/mol. The maximum Gasteiger partial charge on any atom is 0.0382 e. The average Bonchev–Trinajstić information content (AvgIpc) is 2.33. The first kappa shape index (κ1) is 5.65. The summed E-state index contributed by atoms with van der Waals surface area (Å²) in [6, 6.07) is 0. The van der Waals surface area contributed by atoms with Crippen LogP contribution in [0.2, 0.25) is 0 Å². The molecule has 0 saturated heterocycles. The van der Waals surface area contributed by atoms with Gasteiger partial charge in [-0.3, -0.25) is 0 Å². The zero-order valence-electron chi connectivity index (χ0n) is 5.02. The molecule has 2 rings (SSSR count). The van der Waals surface area contributed by atoms with E-state index in [4.69, 9.17) is 0 Å². The lowest BCUT2D eigenvalue weighted by Crippen LogP contribution is -2.04. The summed E-state index contributed by atoms with van der Waals surface area (Å²) in [5.74, 6) is 0. The Kier molecular flexibility index (Phi) is 1.41. The first-order valence-corrected chi connectivity index (χ1v) is 5.55. The number of nitrogens with one attached hydrogen (secondary N) is 1. The quantitative estimate of drug-likeness (QED) is 0.625. The van der Waals surface area contributed by atoms with Crippen molar-refractivity contribution in [2.75, 3.05) is 6.54 Å². The van der Waals surface area contributed by atoms with Gasteiger partial charge in [0.1, 0.15) is 0 Å². The molecular weight excluding hydrogens is 225 g/mol. The molecule has 0 radical (unpaired) electrons. The summed E-state index contributed by atoms with van der Waals surface area (Å²) in [5.41, 5.74) is 2.94. The summed E-state index contributed by atoms with van der Waals surface area (Å²) in [4.78, 5) is 0. The molecule has 48 valence electrons. The average molecular weight is 233 g/mol. The third-order valence-corrected chi connectivity index (χ3v) is 3.44.